The molecule has 2 aromatic rings. The van der Waals surface area contributed by atoms with Crippen molar-refractivity contribution in [3.8, 4) is 0 Å². The Bertz CT molecular complexity index is 1080. The molecule has 158 valence electrons. The fraction of sp³-hybridized carbons (Fsp3) is 0.227. The molecule has 3 N–H and O–H groups in total. The van der Waals surface area contributed by atoms with Gasteiger partial charge in [0.05, 0.1) is 17.9 Å². The molecule has 0 fully saturated rings. The fourth-order valence-electron chi connectivity index (χ4n) is 3.41. The van der Waals surface area contributed by atoms with E-state index < -0.39 is 11.9 Å². The first kappa shape index (κ1) is 20.8. The summed E-state index contributed by atoms with van der Waals surface area (Å²) >= 11 is 1.08. The van der Waals surface area contributed by atoms with E-state index in [9.17, 15) is 14.4 Å². The molecule has 0 aromatic heterocycles. The molecular weight excluding hydrogens is 414 g/mol. The van der Waals surface area contributed by atoms with Gasteiger partial charge in [0.1, 0.15) is 11.9 Å². The zero-order valence-corrected chi connectivity index (χ0v) is 17.5. The number of nitrogens with zero attached hydrogens (tertiary/aromatic N) is 3. The smallest absolute Gasteiger partial charge is 0.259 e. The highest BCUT2D eigenvalue weighted by Crippen LogP contribution is 2.33. The molecule has 3 amide bonds. The Morgan fingerprint density at radius 2 is 1.84 bits per heavy atom. The molecule has 0 saturated heterocycles. The van der Waals surface area contributed by atoms with E-state index in [4.69, 9.17) is 5.73 Å². The van der Waals surface area contributed by atoms with Crippen LogP contribution in [0.1, 0.15) is 17.5 Å². The van der Waals surface area contributed by atoms with Crippen molar-refractivity contribution in [2.24, 2.45) is 15.7 Å². The molecule has 0 saturated carbocycles. The Hall–Kier alpha value is -3.46. The van der Waals surface area contributed by atoms with Crippen molar-refractivity contribution < 1.29 is 14.4 Å². The van der Waals surface area contributed by atoms with Crippen LogP contribution in [0.4, 0.5) is 5.69 Å². The molecular formula is C22H21N5O3S. The van der Waals surface area contributed by atoms with Gasteiger partial charge in [0.2, 0.25) is 11.8 Å². The molecule has 2 aliphatic heterocycles. The minimum Gasteiger partial charge on any atom is -0.369 e. The highest BCUT2D eigenvalue weighted by Gasteiger charge is 2.42. The van der Waals surface area contributed by atoms with Crippen molar-refractivity contribution in [1.82, 2.24) is 10.2 Å². The third kappa shape index (κ3) is 4.66. The third-order valence-corrected chi connectivity index (χ3v) is 5.81. The SMILES string of the molecule is NC(=O)CSC1=Nc2ccccc2C2=NC(CC(=O)NCCc3ccccc3)C(=O)N12. The number of amides is 3. The molecule has 0 bridgehead atoms. The van der Waals surface area contributed by atoms with Crippen molar-refractivity contribution in [2.75, 3.05) is 12.3 Å². The van der Waals surface area contributed by atoms with E-state index in [1.54, 1.807) is 0 Å². The summed E-state index contributed by atoms with van der Waals surface area (Å²) in [7, 11) is 0. The van der Waals surface area contributed by atoms with E-state index in [2.05, 4.69) is 15.3 Å². The average molecular weight is 436 g/mol. The van der Waals surface area contributed by atoms with Crippen LogP contribution in [0.25, 0.3) is 0 Å². The van der Waals surface area contributed by atoms with Crippen LogP contribution in [-0.4, -0.2) is 52.0 Å². The van der Waals surface area contributed by atoms with Gasteiger partial charge >= 0.3 is 0 Å². The number of benzene rings is 2. The highest BCUT2D eigenvalue weighted by molar-refractivity contribution is 8.14. The van der Waals surface area contributed by atoms with E-state index in [0.717, 1.165) is 17.3 Å². The Balaban J connectivity index is 1.46. The van der Waals surface area contributed by atoms with Gasteiger partial charge in [-0.1, -0.05) is 54.2 Å². The molecule has 1 atom stereocenters. The summed E-state index contributed by atoms with van der Waals surface area (Å²) in [6.45, 7) is 0.480. The van der Waals surface area contributed by atoms with Crippen molar-refractivity contribution in [2.45, 2.75) is 18.9 Å². The van der Waals surface area contributed by atoms with E-state index in [1.807, 2.05) is 54.6 Å². The summed E-state index contributed by atoms with van der Waals surface area (Å²) < 4.78 is 0. The van der Waals surface area contributed by atoms with Crippen LogP contribution < -0.4 is 11.1 Å². The second-order valence-corrected chi connectivity index (χ2v) is 8.04. The van der Waals surface area contributed by atoms with Gasteiger partial charge < -0.3 is 11.1 Å². The lowest BCUT2D eigenvalue weighted by Gasteiger charge is -2.25. The first-order chi connectivity index (χ1) is 15.0. The molecule has 2 heterocycles. The van der Waals surface area contributed by atoms with Gasteiger partial charge in [0.25, 0.3) is 5.91 Å². The third-order valence-electron chi connectivity index (χ3n) is 4.85. The standard InChI is InChI=1S/C22H21N5O3S/c23-18(28)13-31-22-26-16-9-5-4-8-15(16)20-25-17(21(30)27(20)22)12-19(29)24-11-10-14-6-2-1-3-7-14/h1-9,17H,10-13H2,(H2,23,28)(H,24,29). The van der Waals surface area contributed by atoms with Gasteiger partial charge in [-0.3, -0.25) is 19.4 Å². The van der Waals surface area contributed by atoms with E-state index in [1.165, 1.54) is 4.90 Å². The maximum atomic E-state index is 13.1. The van der Waals surface area contributed by atoms with Crippen molar-refractivity contribution >= 4 is 46.2 Å². The predicted molar refractivity (Wildman–Crippen MR) is 120 cm³/mol. The molecule has 2 aliphatic rings. The maximum Gasteiger partial charge on any atom is 0.259 e. The summed E-state index contributed by atoms with van der Waals surface area (Å²) in [5, 5.41) is 3.20. The fourth-order valence-corrected chi connectivity index (χ4v) is 4.15. The number of primary amides is 1. The molecule has 31 heavy (non-hydrogen) atoms. The van der Waals surface area contributed by atoms with Crippen LogP contribution in [0.15, 0.2) is 64.6 Å². The maximum absolute atomic E-state index is 13.1. The van der Waals surface area contributed by atoms with Crippen LogP contribution in [0, 0.1) is 0 Å². The number of para-hydroxylation sites is 1. The largest absolute Gasteiger partial charge is 0.369 e. The topological polar surface area (TPSA) is 117 Å². The number of rotatable bonds is 7. The van der Waals surface area contributed by atoms with E-state index in [0.29, 0.717) is 35.2 Å². The molecule has 9 heteroatoms. The number of aliphatic imine (C=N–C) groups is 2. The van der Waals surface area contributed by atoms with Crippen molar-refractivity contribution in [3.63, 3.8) is 0 Å². The Morgan fingerprint density at radius 1 is 1.10 bits per heavy atom. The number of hydrogen-bond donors (Lipinski definition) is 2. The number of thioether (sulfide) groups is 1. The lowest BCUT2D eigenvalue weighted by Crippen LogP contribution is -2.42. The van der Waals surface area contributed by atoms with Crippen LogP contribution in [0.3, 0.4) is 0 Å². The molecule has 4 rings (SSSR count). The Morgan fingerprint density at radius 3 is 2.61 bits per heavy atom. The molecule has 8 nitrogen and oxygen atoms in total. The quantitative estimate of drug-likeness (QED) is 0.687. The van der Waals surface area contributed by atoms with E-state index >= 15 is 0 Å². The summed E-state index contributed by atoms with van der Waals surface area (Å²) in [6.07, 6.45) is 0.656. The van der Waals surface area contributed by atoms with Crippen LogP contribution in [0.2, 0.25) is 0 Å². The monoisotopic (exact) mass is 435 g/mol. The number of nitrogens with one attached hydrogen (secondary N) is 1. The van der Waals surface area contributed by atoms with Gasteiger partial charge in [-0.25, -0.2) is 9.89 Å². The number of carbonyl (C=O) groups is 3. The summed E-state index contributed by atoms with van der Waals surface area (Å²) in [6, 6.07) is 16.3. The lowest BCUT2D eigenvalue weighted by molar-refractivity contribution is -0.128. The first-order valence-corrected chi connectivity index (χ1v) is 10.8. The van der Waals surface area contributed by atoms with E-state index in [-0.39, 0.29) is 24.0 Å². The second-order valence-electron chi connectivity index (χ2n) is 7.10. The van der Waals surface area contributed by atoms with Gasteiger partial charge in [-0.05, 0) is 24.1 Å². The molecule has 2 aromatic carbocycles. The number of amidine groups is 2. The molecule has 0 aliphatic carbocycles. The van der Waals surface area contributed by atoms with Crippen LogP contribution in [0.5, 0.6) is 0 Å². The average Bonchev–Trinajstić information content (AvgIpc) is 3.09. The summed E-state index contributed by atoms with van der Waals surface area (Å²) in [4.78, 5) is 47.2. The van der Waals surface area contributed by atoms with Gasteiger partial charge in [-0.15, -0.1) is 0 Å². The van der Waals surface area contributed by atoms with Gasteiger partial charge in [-0.2, -0.15) is 0 Å². The number of carbonyl (C=O) groups excluding carboxylic acids is 3. The zero-order valence-electron chi connectivity index (χ0n) is 16.7. The molecule has 0 spiro atoms. The minimum absolute atomic E-state index is 0.0112. The highest BCUT2D eigenvalue weighted by atomic mass is 32.2. The summed E-state index contributed by atoms with van der Waals surface area (Å²) in [5.74, 6) is -0.646. The minimum atomic E-state index is -0.836. The Kier molecular flexibility index (Phi) is 6.13. The Labute approximate surface area is 183 Å². The number of nitrogens with two attached hydrogens (primary N) is 1. The zero-order chi connectivity index (χ0) is 21.8. The predicted octanol–water partition coefficient (Wildman–Crippen LogP) is 1.61. The lowest BCUT2D eigenvalue weighted by atomic mass is 10.1. The van der Waals surface area contributed by atoms with Crippen LogP contribution >= 0.6 is 11.8 Å². The van der Waals surface area contributed by atoms with Crippen molar-refractivity contribution in [3.05, 3.63) is 65.7 Å². The van der Waals surface area contributed by atoms with Crippen molar-refractivity contribution in [1.29, 1.82) is 0 Å². The normalized spacial score (nSPS) is 16.8. The molecule has 0 radical (unpaired) electrons. The van der Waals surface area contributed by atoms with Gasteiger partial charge in [0.15, 0.2) is 5.17 Å². The second kappa shape index (κ2) is 9.13. The van der Waals surface area contributed by atoms with Crippen LogP contribution in [-0.2, 0) is 20.8 Å². The number of fused-ring (bicyclic) bond motifs is 3. The first-order valence-electron chi connectivity index (χ1n) is 9.84. The summed E-state index contributed by atoms with van der Waals surface area (Å²) in [5.41, 5.74) is 7.75. The molecule has 1 unspecified atom stereocenters. The number of hydrogen-bond acceptors (Lipinski definition) is 6. The van der Waals surface area contributed by atoms with Gasteiger partial charge in [0, 0.05) is 12.1 Å².